The summed E-state index contributed by atoms with van der Waals surface area (Å²) in [5.74, 6) is 0.243. The van der Waals surface area contributed by atoms with Crippen molar-refractivity contribution in [3.63, 3.8) is 0 Å². The molecule has 3 aromatic rings. The van der Waals surface area contributed by atoms with Crippen LogP contribution in [0.5, 0.6) is 5.88 Å². The molecule has 2 N–H and O–H groups in total. The van der Waals surface area contributed by atoms with E-state index in [9.17, 15) is 9.59 Å². The van der Waals surface area contributed by atoms with Gasteiger partial charge >= 0.3 is 6.09 Å². The molecule has 0 radical (unpaired) electrons. The average Bonchev–Trinajstić information content (AvgIpc) is 2.66. The van der Waals surface area contributed by atoms with Crippen molar-refractivity contribution in [2.75, 3.05) is 6.61 Å². The Hall–Kier alpha value is -3.12. The van der Waals surface area contributed by atoms with E-state index in [1.54, 1.807) is 56.4 Å². The van der Waals surface area contributed by atoms with Crippen LogP contribution < -0.4 is 10.1 Å². The van der Waals surface area contributed by atoms with Crippen LogP contribution in [0.15, 0.2) is 48.7 Å². The molecule has 0 spiro atoms. The minimum Gasteiger partial charge on any atom is -0.478 e. The van der Waals surface area contributed by atoms with Crippen molar-refractivity contribution in [2.45, 2.75) is 26.3 Å². The predicted molar refractivity (Wildman–Crippen MR) is 112 cm³/mol. The largest absolute Gasteiger partial charge is 0.478 e. The lowest BCUT2D eigenvalue weighted by Gasteiger charge is -2.25. The Kier molecular flexibility index (Phi) is 5.75. The molecule has 1 heterocycles. The summed E-state index contributed by atoms with van der Waals surface area (Å²) in [5, 5.41) is 13.2. The smallest absolute Gasteiger partial charge is 0.405 e. The van der Waals surface area contributed by atoms with Crippen molar-refractivity contribution >= 4 is 34.2 Å². The minimum absolute atomic E-state index is 0.232. The molecule has 3 rings (SSSR count). The Morgan fingerprint density at radius 1 is 1.14 bits per heavy atom. The molecule has 150 valence electrons. The zero-order chi connectivity index (χ0) is 21.2. The monoisotopic (exact) mass is 412 g/mol. The predicted octanol–water partition coefficient (Wildman–Crippen LogP) is 5.02. The Morgan fingerprint density at radius 2 is 1.90 bits per heavy atom. The van der Waals surface area contributed by atoms with Crippen LogP contribution in [0.25, 0.3) is 10.8 Å². The summed E-state index contributed by atoms with van der Waals surface area (Å²) in [6, 6.07) is 12.1. The summed E-state index contributed by atoms with van der Waals surface area (Å²) in [6.07, 6.45) is 0.468. The topological polar surface area (TPSA) is 88.5 Å². The number of ketones is 1. The van der Waals surface area contributed by atoms with Gasteiger partial charge in [0.1, 0.15) is 0 Å². The molecule has 0 saturated carbocycles. The van der Waals surface area contributed by atoms with E-state index in [-0.39, 0.29) is 10.8 Å². The zero-order valence-electron chi connectivity index (χ0n) is 16.3. The van der Waals surface area contributed by atoms with Gasteiger partial charge in [0.15, 0.2) is 5.78 Å². The molecule has 1 amide bonds. The summed E-state index contributed by atoms with van der Waals surface area (Å²) >= 11 is 6.42. The molecule has 0 aliphatic heterocycles. The highest BCUT2D eigenvalue weighted by Gasteiger charge is 2.25. The SMILES string of the molecule is CCOc1nccc2c(C(=O)c3ccc(C(C)(C)NC(=O)O)cc3Cl)cccc12. The number of amides is 1. The van der Waals surface area contributed by atoms with Crippen LogP contribution in [0.4, 0.5) is 4.79 Å². The van der Waals surface area contributed by atoms with Crippen molar-refractivity contribution in [3.05, 3.63) is 70.4 Å². The second-order valence-corrected chi connectivity index (χ2v) is 7.44. The van der Waals surface area contributed by atoms with Gasteiger partial charge in [-0.15, -0.1) is 0 Å². The van der Waals surface area contributed by atoms with Crippen molar-refractivity contribution in [2.24, 2.45) is 0 Å². The standard InChI is InChI=1S/C22H21ClN2O4/c1-4-29-20-16-7-5-6-15(14(16)10-11-24-20)19(26)17-9-8-13(12-18(17)23)22(2,3)25-21(27)28/h5-12,25H,4H2,1-3H3,(H,27,28). The van der Waals surface area contributed by atoms with Gasteiger partial charge in [-0.1, -0.05) is 29.8 Å². The quantitative estimate of drug-likeness (QED) is 0.555. The Labute approximate surface area is 173 Å². The van der Waals surface area contributed by atoms with Crippen molar-refractivity contribution < 1.29 is 19.4 Å². The third kappa shape index (κ3) is 4.17. The van der Waals surface area contributed by atoms with Crippen LogP contribution in [-0.2, 0) is 5.54 Å². The molecule has 2 aromatic carbocycles. The molecular weight excluding hydrogens is 392 g/mol. The van der Waals surface area contributed by atoms with Gasteiger partial charge in [-0.3, -0.25) is 4.79 Å². The molecule has 0 bridgehead atoms. The van der Waals surface area contributed by atoms with E-state index in [1.807, 2.05) is 13.0 Å². The van der Waals surface area contributed by atoms with E-state index in [0.29, 0.717) is 29.2 Å². The molecule has 0 fully saturated rings. The van der Waals surface area contributed by atoms with E-state index in [1.165, 1.54) is 0 Å². The third-order valence-corrected chi connectivity index (χ3v) is 4.96. The lowest BCUT2D eigenvalue weighted by Crippen LogP contribution is -2.40. The Bertz CT molecular complexity index is 1100. The van der Waals surface area contributed by atoms with Crippen LogP contribution in [0.3, 0.4) is 0 Å². The number of aromatic nitrogens is 1. The number of fused-ring (bicyclic) bond motifs is 1. The number of nitrogens with one attached hydrogen (secondary N) is 1. The van der Waals surface area contributed by atoms with E-state index >= 15 is 0 Å². The lowest BCUT2D eigenvalue weighted by atomic mass is 9.91. The summed E-state index contributed by atoms with van der Waals surface area (Å²) in [6.45, 7) is 5.79. The molecular formula is C22H21ClN2O4. The molecule has 0 saturated heterocycles. The minimum atomic E-state index is -1.14. The van der Waals surface area contributed by atoms with Crippen LogP contribution in [-0.4, -0.2) is 28.6 Å². The van der Waals surface area contributed by atoms with Crippen LogP contribution in [0.1, 0.15) is 42.3 Å². The van der Waals surface area contributed by atoms with Gasteiger partial charge in [0, 0.05) is 22.7 Å². The van der Waals surface area contributed by atoms with Crippen molar-refractivity contribution in [3.8, 4) is 5.88 Å². The fourth-order valence-corrected chi connectivity index (χ4v) is 3.47. The first-order valence-electron chi connectivity index (χ1n) is 9.11. The average molecular weight is 413 g/mol. The molecule has 0 aliphatic rings. The molecule has 29 heavy (non-hydrogen) atoms. The first-order chi connectivity index (χ1) is 13.7. The van der Waals surface area contributed by atoms with Crippen LogP contribution in [0, 0.1) is 0 Å². The van der Waals surface area contributed by atoms with Crippen LogP contribution in [0.2, 0.25) is 5.02 Å². The normalized spacial score (nSPS) is 11.3. The maximum atomic E-state index is 13.2. The number of hydrogen-bond donors (Lipinski definition) is 2. The van der Waals surface area contributed by atoms with E-state index in [4.69, 9.17) is 21.4 Å². The summed E-state index contributed by atoms with van der Waals surface area (Å²) in [4.78, 5) is 28.5. The summed E-state index contributed by atoms with van der Waals surface area (Å²) in [5.41, 5.74) is 0.628. The maximum Gasteiger partial charge on any atom is 0.405 e. The lowest BCUT2D eigenvalue weighted by molar-refractivity contribution is 0.104. The second-order valence-electron chi connectivity index (χ2n) is 7.03. The van der Waals surface area contributed by atoms with Gasteiger partial charge in [-0.05, 0) is 56.0 Å². The Morgan fingerprint density at radius 3 is 2.55 bits per heavy atom. The van der Waals surface area contributed by atoms with Crippen molar-refractivity contribution in [1.29, 1.82) is 0 Å². The van der Waals surface area contributed by atoms with Gasteiger partial charge in [-0.25, -0.2) is 9.78 Å². The van der Waals surface area contributed by atoms with E-state index < -0.39 is 11.6 Å². The van der Waals surface area contributed by atoms with Gasteiger partial charge in [0.05, 0.1) is 17.2 Å². The first-order valence-corrected chi connectivity index (χ1v) is 9.48. The zero-order valence-corrected chi connectivity index (χ0v) is 17.1. The van der Waals surface area contributed by atoms with Crippen molar-refractivity contribution in [1.82, 2.24) is 10.3 Å². The number of ether oxygens (including phenoxy) is 1. The number of nitrogens with zero attached hydrogens (tertiary/aromatic N) is 1. The van der Waals surface area contributed by atoms with E-state index in [2.05, 4.69) is 10.3 Å². The molecule has 0 aliphatic carbocycles. The van der Waals surface area contributed by atoms with Crippen LogP contribution >= 0.6 is 11.6 Å². The maximum absolute atomic E-state index is 13.2. The Balaban J connectivity index is 2.03. The summed E-state index contributed by atoms with van der Waals surface area (Å²) in [7, 11) is 0. The molecule has 1 aromatic heterocycles. The van der Waals surface area contributed by atoms with Gasteiger partial charge in [0.25, 0.3) is 0 Å². The highest BCUT2D eigenvalue weighted by molar-refractivity contribution is 6.35. The fourth-order valence-electron chi connectivity index (χ4n) is 3.20. The second kappa shape index (κ2) is 8.09. The highest BCUT2D eigenvalue weighted by Crippen LogP contribution is 2.31. The molecule has 0 atom stereocenters. The van der Waals surface area contributed by atoms with Gasteiger partial charge < -0.3 is 15.2 Å². The molecule has 6 nitrogen and oxygen atoms in total. The number of carboxylic acid groups (broad SMARTS) is 1. The fraction of sp³-hybridized carbons (Fsp3) is 0.227. The summed E-state index contributed by atoms with van der Waals surface area (Å²) < 4.78 is 5.56. The number of benzene rings is 2. The third-order valence-electron chi connectivity index (χ3n) is 4.65. The number of pyridine rings is 1. The molecule has 7 heteroatoms. The van der Waals surface area contributed by atoms with E-state index in [0.717, 1.165) is 10.8 Å². The number of carbonyl (C=O) groups excluding carboxylic acids is 1. The number of halogens is 1. The number of hydrogen-bond acceptors (Lipinski definition) is 4. The first kappa shape index (κ1) is 20.6. The number of carbonyl (C=O) groups is 2. The number of rotatable bonds is 6. The highest BCUT2D eigenvalue weighted by atomic mass is 35.5. The molecule has 0 unspecified atom stereocenters. The van der Waals surface area contributed by atoms with Gasteiger partial charge in [0.2, 0.25) is 5.88 Å². The van der Waals surface area contributed by atoms with Gasteiger partial charge in [-0.2, -0.15) is 0 Å².